The zero-order valence-corrected chi connectivity index (χ0v) is 24.9. The molecule has 0 unspecified atom stereocenters. The summed E-state index contributed by atoms with van der Waals surface area (Å²) in [7, 11) is 3.75. The molecule has 0 spiro atoms. The number of hydrogen-bond acceptors (Lipinski definition) is 7. The van der Waals surface area contributed by atoms with Crippen molar-refractivity contribution in [3.63, 3.8) is 0 Å². The molecule has 2 aliphatic rings. The summed E-state index contributed by atoms with van der Waals surface area (Å²) in [5, 5.41) is 26.8. The van der Waals surface area contributed by atoms with Crippen molar-refractivity contribution < 1.29 is 14.4 Å². The molecule has 5 rings (SSSR count). The number of aromatic nitrogens is 1. The lowest BCUT2D eigenvalue weighted by Crippen LogP contribution is -2.38. The van der Waals surface area contributed by atoms with E-state index in [1.807, 2.05) is 39.2 Å². The second kappa shape index (κ2) is 15.4. The van der Waals surface area contributed by atoms with Crippen LogP contribution in [0.1, 0.15) is 54.5 Å². The van der Waals surface area contributed by atoms with Crippen molar-refractivity contribution in [1.82, 2.24) is 15.4 Å². The lowest BCUT2D eigenvalue weighted by molar-refractivity contribution is 0.115. The molecule has 214 valence electrons. The van der Waals surface area contributed by atoms with Gasteiger partial charge in [-0.3, -0.25) is 0 Å². The van der Waals surface area contributed by atoms with Gasteiger partial charge in [-0.2, -0.15) is 5.26 Å². The third-order valence-corrected chi connectivity index (χ3v) is 7.74. The molecule has 2 heterocycles. The van der Waals surface area contributed by atoms with E-state index >= 15 is 0 Å². The van der Waals surface area contributed by atoms with Crippen molar-refractivity contribution in [2.75, 3.05) is 40.3 Å². The number of halogens is 2. The molecule has 1 aromatic heterocycles. The number of piperidine rings is 1. The van der Waals surface area contributed by atoms with Gasteiger partial charge in [0.25, 0.3) is 0 Å². The molecule has 1 saturated carbocycles. The average Bonchev–Trinajstić information content (AvgIpc) is 3.58. The molecule has 2 N–H and O–H groups in total. The second-order valence-electron chi connectivity index (χ2n) is 10.7. The predicted molar refractivity (Wildman–Crippen MR) is 160 cm³/mol. The molecule has 3 aromatic rings. The molecule has 2 aromatic carbocycles. The van der Waals surface area contributed by atoms with Crippen LogP contribution in [0.2, 0.25) is 0 Å². The number of hydrogen-bond donors (Lipinski definition) is 2. The standard InChI is InChI=1S/C28H33N3O3.C2H7N.2ClH/c1-20-26(33-17-23-4-2-22(16-29)3-5-23)9-7-24-25(30-34-27(20)24)8-6-21-10-14-31(15-11-21)18-28(19-32)12-13-28;1-3-2;;/h2-5,7,9,21,32H,6,8,10-15,17-19H2,1H3;3H,1-2H3;2*1H. The van der Waals surface area contributed by atoms with Crippen molar-refractivity contribution in [3.8, 4) is 11.8 Å². The molecule has 7 nitrogen and oxygen atoms in total. The van der Waals surface area contributed by atoms with Crippen LogP contribution in [-0.4, -0.2) is 55.5 Å². The first-order valence-electron chi connectivity index (χ1n) is 13.4. The van der Waals surface area contributed by atoms with E-state index in [1.54, 1.807) is 12.1 Å². The van der Waals surface area contributed by atoms with Gasteiger partial charge in [0.2, 0.25) is 0 Å². The maximum Gasteiger partial charge on any atom is 0.173 e. The summed E-state index contributed by atoms with van der Waals surface area (Å²) >= 11 is 0. The number of nitrogens with zero attached hydrogens (tertiary/aromatic N) is 3. The number of fused-ring (bicyclic) bond motifs is 1. The molecule has 0 amide bonds. The maximum atomic E-state index is 9.59. The van der Waals surface area contributed by atoms with Gasteiger partial charge in [0, 0.05) is 29.5 Å². The Kier molecular flexibility index (Phi) is 13.0. The second-order valence-corrected chi connectivity index (χ2v) is 10.7. The van der Waals surface area contributed by atoms with Gasteiger partial charge in [-0.15, -0.1) is 24.8 Å². The predicted octanol–water partition coefficient (Wildman–Crippen LogP) is 5.68. The molecular formula is C30H42Cl2N4O3. The molecule has 9 heteroatoms. The van der Waals surface area contributed by atoms with Crippen LogP contribution < -0.4 is 10.1 Å². The lowest BCUT2D eigenvalue weighted by atomic mass is 9.90. The number of rotatable bonds is 9. The van der Waals surface area contributed by atoms with Gasteiger partial charge in [0.1, 0.15) is 12.4 Å². The summed E-state index contributed by atoms with van der Waals surface area (Å²) in [5.41, 5.74) is 4.70. The third-order valence-electron chi connectivity index (χ3n) is 7.74. The normalized spacial score (nSPS) is 16.3. The van der Waals surface area contributed by atoms with Crippen LogP contribution in [0.3, 0.4) is 0 Å². The minimum Gasteiger partial charge on any atom is -0.488 e. The highest BCUT2D eigenvalue weighted by Crippen LogP contribution is 2.46. The van der Waals surface area contributed by atoms with E-state index in [2.05, 4.69) is 27.5 Å². The first-order chi connectivity index (χ1) is 18.0. The minimum atomic E-state index is 0. The molecule has 1 saturated heterocycles. The van der Waals surface area contributed by atoms with E-state index in [9.17, 15) is 5.11 Å². The SMILES string of the molecule is CNC.Cc1c(OCc2ccc(C#N)cc2)ccc2c(CCC3CCN(CC4(CO)CC4)CC3)noc12.Cl.Cl. The Bertz CT molecular complexity index is 1200. The van der Waals surface area contributed by atoms with Gasteiger partial charge >= 0.3 is 0 Å². The largest absolute Gasteiger partial charge is 0.488 e. The van der Waals surface area contributed by atoms with E-state index in [0.717, 1.165) is 71.9 Å². The third kappa shape index (κ3) is 8.57. The van der Waals surface area contributed by atoms with Crippen LogP contribution >= 0.6 is 24.8 Å². The first-order valence-corrected chi connectivity index (χ1v) is 13.4. The Hall–Kier alpha value is -2.34. The molecule has 0 bridgehead atoms. The van der Waals surface area contributed by atoms with Crippen molar-refractivity contribution in [2.24, 2.45) is 11.3 Å². The number of nitriles is 1. The Labute approximate surface area is 244 Å². The quantitative estimate of drug-likeness (QED) is 0.338. The summed E-state index contributed by atoms with van der Waals surface area (Å²) in [5.74, 6) is 1.52. The van der Waals surface area contributed by atoms with Crippen LogP contribution in [0.15, 0.2) is 40.9 Å². The highest BCUT2D eigenvalue weighted by Gasteiger charge is 2.43. The number of benzene rings is 2. The van der Waals surface area contributed by atoms with E-state index in [1.165, 1.54) is 25.7 Å². The fraction of sp³-hybridized carbons (Fsp3) is 0.533. The highest BCUT2D eigenvalue weighted by molar-refractivity contribution is 5.86. The number of aryl methyl sites for hydroxylation is 2. The number of nitrogens with one attached hydrogen (secondary N) is 1. The van der Waals surface area contributed by atoms with E-state index in [0.29, 0.717) is 18.8 Å². The van der Waals surface area contributed by atoms with Crippen LogP contribution in [0.5, 0.6) is 5.75 Å². The number of likely N-dealkylation sites (tertiary alicyclic amines) is 1. The molecule has 1 aliphatic heterocycles. The Balaban J connectivity index is 0.00000102. The topological polar surface area (TPSA) is 94.5 Å². The summed E-state index contributed by atoms with van der Waals surface area (Å²) in [6.07, 6.45) is 6.89. The zero-order chi connectivity index (χ0) is 26.3. The fourth-order valence-electron chi connectivity index (χ4n) is 5.13. The molecule has 0 radical (unpaired) electrons. The van der Waals surface area contributed by atoms with Gasteiger partial charge in [-0.05, 0) is 108 Å². The van der Waals surface area contributed by atoms with Crippen LogP contribution in [-0.2, 0) is 13.0 Å². The number of ether oxygens (including phenoxy) is 1. The van der Waals surface area contributed by atoms with Crippen molar-refractivity contribution in [2.45, 2.75) is 52.1 Å². The van der Waals surface area contributed by atoms with E-state index < -0.39 is 0 Å². The molecule has 39 heavy (non-hydrogen) atoms. The summed E-state index contributed by atoms with van der Waals surface area (Å²) in [6, 6.07) is 13.7. The van der Waals surface area contributed by atoms with Gasteiger partial charge in [0.05, 0.1) is 17.3 Å². The number of aliphatic hydroxyl groups is 1. The van der Waals surface area contributed by atoms with Crippen LogP contribution in [0, 0.1) is 29.6 Å². The average molecular weight is 578 g/mol. The van der Waals surface area contributed by atoms with Gasteiger partial charge < -0.3 is 24.6 Å². The van der Waals surface area contributed by atoms with Crippen LogP contribution in [0.25, 0.3) is 11.0 Å². The maximum absolute atomic E-state index is 9.59. The number of aliphatic hydroxyl groups excluding tert-OH is 1. The molecule has 1 aliphatic carbocycles. The highest BCUT2D eigenvalue weighted by atomic mass is 35.5. The smallest absolute Gasteiger partial charge is 0.173 e. The van der Waals surface area contributed by atoms with Gasteiger partial charge in [-0.25, -0.2) is 0 Å². The van der Waals surface area contributed by atoms with E-state index in [4.69, 9.17) is 14.5 Å². The molecular weight excluding hydrogens is 535 g/mol. The Morgan fingerprint density at radius 2 is 1.79 bits per heavy atom. The van der Waals surface area contributed by atoms with E-state index in [-0.39, 0.29) is 30.2 Å². The minimum absolute atomic E-state index is 0. The Morgan fingerprint density at radius 3 is 2.38 bits per heavy atom. The fourth-order valence-corrected chi connectivity index (χ4v) is 5.13. The van der Waals surface area contributed by atoms with Crippen LogP contribution in [0.4, 0.5) is 0 Å². The van der Waals surface area contributed by atoms with Crippen molar-refractivity contribution >= 4 is 35.8 Å². The summed E-state index contributed by atoms with van der Waals surface area (Å²) in [6.45, 7) is 6.15. The van der Waals surface area contributed by atoms with Crippen molar-refractivity contribution in [1.29, 1.82) is 5.26 Å². The summed E-state index contributed by atoms with van der Waals surface area (Å²) < 4.78 is 11.8. The van der Waals surface area contributed by atoms with Gasteiger partial charge in [-0.1, -0.05) is 17.3 Å². The Morgan fingerprint density at radius 1 is 1.13 bits per heavy atom. The van der Waals surface area contributed by atoms with Crippen molar-refractivity contribution in [3.05, 3.63) is 58.8 Å². The van der Waals surface area contributed by atoms with Gasteiger partial charge in [0.15, 0.2) is 5.58 Å². The monoisotopic (exact) mass is 576 g/mol. The lowest BCUT2D eigenvalue weighted by Gasteiger charge is -2.34. The summed E-state index contributed by atoms with van der Waals surface area (Å²) in [4.78, 5) is 2.55. The first kappa shape index (κ1) is 32.9. The zero-order valence-electron chi connectivity index (χ0n) is 23.2. The molecule has 0 atom stereocenters. The molecule has 2 fully saturated rings.